The van der Waals surface area contributed by atoms with E-state index in [2.05, 4.69) is 61.3 Å². The lowest BCUT2D eigenvalue weighted by Gasteiger charge is -2.37. The molecule has 6 heteroatoms. The van der Waals surface area contributed by atoms with Crippen molar-refractivity contribution >= 4 is 17.3 Å². The van der Waals surface area contributed by atoms with E-state index in [-0.39, 0.29) is 24.0 Å². The number of amides is 1. The topological polar surface area (TPSA) is 68.6 Å². The molecule has 2 fully saturated rings. The van der Waals surface area contributed by atoms with Crippen LogP contribution in [0.25, 0.3) is 0 Å². The molecule has 1 saturated heterocycles. The van der Waals surface area contributed by atoms with Gasteiger partial charge in [0.15, 0.2) is 0 Å². The first-order chi connectivity index (χ1) is 17.2. The highest BCUT2D eigenvalue weighted by Gasteiger charge is 2.25. The number of rotatable bonds is 6. The van der Waals surface area contributed by atoms with Crippen molar-refractivity contribution in [3.63, 3.8) is 0 Å². The van der Waals surface area contributed by atoms with Crippen molar-refractivity contribution in [1.82, 2.24) is 4.90 Å². The number of nitriles is 1. The lowest BCUT2D eigenvalue weighted by Crippen LogP contribution is -2.50. The molecule has 1 saturated carbocycles. The molecule has 1 amide bonds. The van der Waals surface area contributed by atoms with Crippen molar-refractivity contribution in [2.75, 3.05) is 43.0 Å². The Morgan fingerprint density at radius 3 is 2.31 bits per heavy atom. The van der Waals surface area contributed by atoms with E-state index < -0.39 is 0 Å². The summed E-state index contributed by atoms with van der Waals surface area (Å²) < 4.78 is 6.03. The molecule has 6 nitrogen and oxygen atoms in total. The number of aryl methyl sites for hydroxylation is 1. The van der Waals surface area contributed by atoms with E-state index in [1.807, 2.05) is 30.0 Å². The van der Waals surface area contributed by atoms with Crippen LogP contribution in [0.15, 0.2) is 42.5 Å². The predicted molar refractivity (Wildman–Crippen MR) is 145 cm³/mol. The fraction of sp³-hybridized carbons (Fsp3) is 0.533. The zero-order chi connectivity index (χ0) is 25.7. The summed E-state index contributed by atoms with van der Waals surface area (Å²) in [4.78, 5) is 17.1. The lowest BCUT2D eigenvalue weighted by atomic mass is 9.87. The second-order valence-electron chi connectivity index (χ2n) is 11.2. The molecule has 0 atom stereocenters. The average Bonchev–Trinajstić information content (AvgIpc) is 2.89. The summed E-state index contributed by atoms with van der Waals surface area (Å²) >= 11 is 0. The second-order valence-corrected chi connectivity index (χ2v) is 11.2. The molecule has 1 N–H and O–H groups in total. The Morgan fingerprint density at radius 1 is 1.03 bits per heavy atom. The maximum absolute atomic E-state index is 12.8. The summed E-state index contributed by atoms with van der Waals surface area (Å²) in [7, 11) is 0. The summed E-state index contributed by atoms with van der Waals surface area (Å²) in [5, 5.41) is 12.8. The molecule has 1 aliphatic carbocycles. The molecule has 0 aromatic heterocycles. The number of carbonyl (C=O) groups is 1. The maximum Gasteiger partial charge on any atom is 0.248 e. The normalized spacial score (nSPS) is 20.6. The molecule has 1 aliphatic heterocycles. The Kier molecular flexibility index (Phi) is 8.21. The van der Waals surface area contributed by atoms with Crippen LogP contribution in [0.1, 0.15) is 63.1 Å². The van der Waals surface area contributed by atoms with Crippen LogP contribution >= 0.6 is 0 Å². The number of nitrogens with one attached hydrogen (secondary N) is 1. The zero-order valence-electron chi connectivity index (χ0n) is 22.2. The molecule has 1 heterocycles. The molecule has 0 radical (unpaired) electrons. The minimum Gasteiger partial charge on any atom is -0.382 e. The number of nitrogens with zero attached hydrogens (tertiary/aromatic N) is 3. The first-order valence-electron chi connectivity index (χ1n) is 13.2. The third-order valence-electron chi connectivity index (χ3n) is 7.58. The Bertz CT molecular complexity index is 1070. The highest BCUT2D eigenvalue weighted by atomic mass is 16.5. The van der Waals surface area contributed by atoms with Crippen LogP contribution in [0.2, 0.25) is 0 Å². The SMILES string of the molecule is Cc1ccc(NC2CCC(OCC(=O)N3CCN(c4ccc(C(C)(C)C)cc4)CC3)CC2)cc1C#N. The van der Waals surface area contributed by atoms with Crippen molar-refractivity contribution in [1.29, 1.82) is 5.26 Å². The fourth-order valence-corrected chi connectivity index (χ4v) is 5.11. The van der Waals surface area contributed by atoms with Crippen LogP contribution < -0.4 is 10.2 Å². The van der Waals surface area contributed by atoms with Crippen molar-refractivity contribution in [3.05, 3.63) is 59.2 Å². The Hall–Kier alpha value is -3.04. The van der Waals surface area contributed by atoms with Gasteiger partial charge in [-0.25, -0.2) is 0 Å². The van der Waals surface area contributed by atoms with Crippen molar-refractivity contribution < 1.29 is 9.53 Å². The summed E-state index contributed by atoms with van der Waals surface area (Å²) in [6.07, 6.45) is 4.03. The van der Waals surface area contributed by atoms with Crippen LogP contribution in [0, 0.1) is 18.3 Å². The predicted octanol–water partition coefficient (Wildman–Crippen LogP) is 5.25. The second kappa shape index (κ2) is 11.3. The van der Waals surface area contributed by atoms with Gasteiger partial charge in [0.25, 0.3) is 0 Å². The standard InChI is InChI=1S/C30H40N4O2/c1-22-5-8-26(19-23(22)20-31)32-25-9-13-28(14-10-25)36-21-29(35)34-17-15-33(16-18-34)27-11-6-24(7-12-27)30(2,3)4/h5-8,11-12,19,25,28,32H,9-10,13-18,21H2,1-4H3. The molecule has 2 aromatic carbocycles. The molecule has 0 bridgehead atoms. The molecule has 192 valence electrons. The van der Waals surface area contributed by atoms with Crippen molar-refractivity contribution in [2.45, 2.75) is 70.9 Å². The first kappa shape index (κ1) is 26.0. The fourth-order valence-electron chi connectivity index (χ4n) is 5.11. The number of hydrogen-bond donors (Lipinski definition) is 1. The van der Waals surface area contributed by atoms with E-state index in [4.69, 9.17) is 4.74 Å². The third kappa shape index (κ3) is 6.59. The van der Waals surface area contributed by atoms with Gasteiger partial charge in [0.2, 0.25) is 5.91 Å². The van der Waals surface area contributed by atoms with Gasteiger partial charge in [-0.15, -0.1) is 0 Å². The number of hydrogen-bond acceptors (Lipinski definition) is 5. The summed E-state index contributed by atoms with van der Waals surface area (Å²) in [6.45, 7) is 12.0. The number of benzene rings is 2. The number of carbonyl (C=O) groups excluding carboxylic acids is 1. The van der Waals surface area contributed by atoms with E-state index in [1.54, 1.807) is 0 Å². The third-order valence-corrected chi connectivity index (χ3v) is 7.58. The summed E-state index contributed by atoms with van der Waals surface area (Å²) in [5.41, 5.74) is 5.44. The molecular weight excluding hydrogens is 448 g/mol. The van der Waals surface area contributed by atoms with Crippen LogP contribution in [0.4, 0.5) is 11.4 Å². The molecule has 2 aromatic rings. The highest BCUT2D eigenvalue weighted by molar-refractivity contribution is 5.77. The summed E-state index contributed by atoms with van der Waals surface area (Å²) in [5.74, 6) is 0.0988. The Morgan fingerprint density at radius 2 is 1.69 bits per heavy atom. The molecule has 2 aliphatic rings. The van der Waals surface area contributed by atoms with Crippen LogP contribution in [-0.4, -0.2) is 55.7 Å². The zero-order valence-corrected chi connectivity index (χ0v) is 22.2. The smallest absolute Gasteiger partial charge is 0.248 e. The van der Waals surface area contributed by atoms with Gasteiger partial charge in [-0.05, 0) is 73.4 Å². The molecular formula is C30H40N4O2. The van der Waals surface area contributed by atoms with Gasteiger partial charge in [0.05, 0.1) is 17.7 Å². The Balaban J connectivity index is 1.16. The Labute approximate surface area is 216 Å². The van der Waals surface area contributed by atoms with Crippen molar-refractivity contribution in [2.24, 2.45) is 0 Å². The van der Waals surface area contributed by atoms with Gasteiger partial charge >= 0.3 is 0 Å². The quantitative estimate of drug-likeness (QED) is 0.601. The van der Waals surface area contributed by atoms with Crippen LogP contribution in [0.5, 0.6) is 0 Å². The van der Waals surface area contributed by atoms with E-state index >= 15 is 0 Å². The summed E-state index contributed by atoms with van der Waals surface area (Å²) in [6, 6.07) is 17.4. The average molecular weight is 489 g/mol. The van der Waals surface area contributed by atoms with E-state index in [9.17, 15) is 10.1 Å². The minimum atomic E-state index is 0.0988. The van der Waals surface area contributed by atoms with Crippen molar-refractivity contribution in [3.8, 4) is 6.07 Å². The molecule has 0 spiro atoms. The minimum absolute atomic E-state index is 0.0988. The van der Waals surface area contributed by atoms with E-state index in [1.165, 1.54) is 11.3 Å². The molecule has 36 heavy (non-hydrogen) atoms. The van der Waals surface area contributed by atoms with Gasteiger partial charge in [-0.1, -0.05) is 39.0 Å². The van der Waals surface area contributed by atoms with Crippen LogP contribution in [0.3, 0.4) is 0 Å². The van der Waals surface area contributed by atoms with Crippen LogP contribution in [-0.2, 0) is 14.9 Å². The lowest BCUT2D eigenvalue weighted by molar-refractivity contribution is -0.139. The maximum atomic E-state index is 12.8. The van der Waals surface area contributed by atoms with Gasteiger partial charge in [-0.2, -0.15) is 5.26 Å². The van der Waals surface area contributed by atoms with Gasteiger partial charge < -0.3 is 19.9 Å². The number of ether oxygens (including phenoxy) is 1. The molecule has 0 unspecified atom stereocenters. The number of piperazine rings is 1. The monoisotopic (exact) mass is 488 g/mol. The van der Waals surface area contributed by atoms with Gasteiger partial charge in [-0.3, -0.25) is 4.79 Å². The van der Waals surface area contributed by atoms with E-state index in [0.717, 1.165) is 68.7 Å². The van der Waals surface area contributed by atoms with Gasteiger partial charge in [0, 0.05) is 43.6 Å². The number of anilines is 2. The first-order valence-corrected chi connectivity index (χ1v) is 13.2. The van der Waals surface area contributed by atoms with Gasteiger partial charge in [0.1, 0.15) is 6.61 Å². The highest BCUT2D eigenvalue weighted by Crippen LogP contribution is 2.27. The largest absolute Gasteiger partial charge is 0.382 e. The van der Waals surface area contributed by atoms with E-state index in [0.29, 0.717) is 6.04 Å². The molecule has 4 rings (SSSR count).